The summed E-state index contributed by atoms with van der Waals surface area (Å²) >= 11 is 0. The van der Waals surface area contributed by atoms with Crippen LogP contribution in [0.5, 0.6) is 5.75 Å². The third-order valence-corrected chi connectivity index (χ3v) is 5.46. The Morgan fingerprint density at radius 3 is 2.75 bits per heavy atom. The number of aryl methyl sites for hydroxylation is 1. The van der Waals surface area contributed by atoms with E-state index in [2.05, 4.69) is 14.5 Å². The number of benzene rings is 1. The van der Waals surface area contributed by atoms with E-state index < -0.39 is 0 Å². The van der Waals surface area contributed by atoms with E-state index in [0.29, 0.717) is 24.3 Å². The van der Waals surface area contributed by atoms with Gasteiger partial charge in [-0.3, -0.25) is 9.88 Å². The molecule has 0 radical (unpaired) electrons. The van der Waals surface area contributed by atoms with Crippen molar-refractivity contribution in [2.24, 2.45) is 7.05 Å². The molecule has 28 heavy (non-hydrogen) atoms. The Kier molecular flexibility index (Phi) is 5.05. The Morgan fingerprint density at radius 1 is 1.29 bits per heavy atom. The summed E-state index contributed by atoms with van der Waals surface area (Å²) in [6.07, 6.45) is 5.80. The number of hydrogen-bond donors (Lipinski definition) is 1. The molecule has 0 aliphatic carbocycles. The predicted molar refractivity (Wildman–Crippen MR) is 108 cm³/mol. The highest BCUT2D eigenvalue weighted by Gasteiger charge is 2.26. The minimum atomic E-state index is -0.337. The highest BCUT2D eigenvalue weighted by molar-refractivity contribution is 6.07. The summed E-state index contributed by atoms with van der Waals surface area (Å²) in [7, 11) is 1.97. The molecule has 2 aromatic heterocycles. The normalized spacial score (nSPS) is 14.6. The van der Waals surface area contributed by atoms with Crippen LogP contribution in [0.15, 0.2) is 36.7 Å². The summed E-state index contributed by atoms with van der Waals surface area (Å²) in [6, 6.07) is 7.36. The number of pyridine rings is 1. The molecular weight excluding hydrogens is 354 g/mol. The summed E-state index contributed by atoms with van der Waals surface area (Å²) < 4.78 is 7.40. The van der Waals surface area contributed by atoms with Crippen molar-refractivity contribution in [1.29, 1.82) is 0 Å². The van der Waals surface area contributed by atoms with Gasteiger partial charge in [0.05, 0.1) is 12.2 Å². The molecule has 3 aromatic rings. The van der Waals surface area contributed by atoms with Crippen molar-refractivity contribution in [1.82, 2.24) is 14.5 Å². The zero-order valence-electron chi connectivity index (χ0n) is 16.3. The number of phenolic OH excluding ortho intramolecular Hbond substituents is 1. The Hall–Kier alpha value is -2.86. The Bertz CT molecular complexity index is 1010. The summed E-state index contributed by atoms with van der Waals surface area (Å²) in [4.78, 5) is 19.3. The van der Waals surface area contributed by atoms with Crippen LogP contribution in [-0.2, 0) is 18.3 Å². The molecule has 3 heterocycles. The standard InChI is InChI=1S/C22H25N3O3/c1-3-28-22(27)21-17-12-20(26)16(15-7-6-8-23-13-15)11-18(17)24(2)19(21)14-25-9-4-5-10-25/h6-8,11-13,26H,3-5,9-10,14H2,1-2H3. The highest BCUT2D eigenvalue weighted by Crippen LogP contribution is 2.37. The van der Waals surface area contributed by atoms with Crippen LogP contribution >= 0.6 is 0 Å². The molecule has 1 N–H and O–H groups in total. The summed E-state index contributed by atoms with van der Waals surface area (Å²) in [5.41, 5.74) is 3.91. The molecule has 1 aliphatic rings. The first-order chi connectivity index (χ1) is 13.6. The number of phenols is 1. The molecule has 1 aliphatic heterocycles. The van der Waals surface area contributed by atoms with Crippen molar-refractivity contribution in [3.8, 4) is 16.9 Å². The second-order valence-corrected chi connectivity index (χ2v) is 7.21. The van der Waals surface area contributed by atoms with Crippen LogP contribution < -0.4 is 0 Å². The van der Waals surface area contributed by atoms with E-state index in [9.17, 15) is 9.90 Å². The number of ether oxygens (including phenoxy) is 1. The molecule has 0 saturated carbocycles. The van der Waals surface area contributed by atoms with Gasteiger partial charge in [0.2, 0.25) is 0 Å². The number of carbonyl (C=O) groups is 1. The fourth-order valence-electron chi connectivity index (χ4n) is 4.05. The average molecular weight is 379 g/mol. The van der Waals surface area contributed by atoms with Gasteiger partial charge >= 0.3 is 5.97 Å². The van der Waals surface area contributed by atoms with Crippen molar-refractivity contribution in [2.45, 2.75) is 26.3 Å². The molecule has 0 bridgehead atoms. The Balaban J connectivity index is 1.89. The van der Waals surface area contributed by atoms with Crippen molar-refractivity contribution in [2.75, 3.05) is 19.7 Å². The number of carbonyl (C=O) groups excluding carboxylic acids is 1. The molecule has 146 valence electrons. The van der Waals surface area contributed by atoms with Gasteiger partial charge in [0.15, 0.2) is 0 Å². The van der Waals surface area contributed by atoms with Gasteiger partial charge in [0, 0.05) is 53.7 Å². The second kappa shape index (κ2) is 7.64. The topological polar surface area (TPSA) is 67.6 Å². The number of nitrogens with zero attached hydrogens (tertiary/aromatic N) is 3. The first-order valence-corrected chi connectivity index (χ1v) is 9.74. The van der Waals surface area contributed by atoms with Crippen LogP contribution in [0.1, 0.15) is 35.8 Å². The third kappa shape index (κ3) is 3.24. The maximum atomic E-state index is 12.8. The molecule has 0 spiro atoms. The summed E-state index contributed by atoms with van der Waals surface area (Å²) in [6.45, 7) is 4.90. The largest absolute Gasteiger partial charge is 0.507 e. The number of aromatic nitrogens is 2. The van der Waals surface area contributed by atoms with Gasteiger partial charge in [0.1, 0.15) is 5.75 Å². The predicted octanol–water partition coefficient (Wildman–Crippen LogP) is 3.72. The Labute approximate surface area is 164 Å². The van der Waals surface area contributed by atoms with E-state index in [1.807, 2.05) is 25.2 Å². The zero-order chi connectivity index (χ0) is 19.7. The number of likely N-dealkylation sites (tertiary alicyclic amines) is 1. The van der Waals surface area contributed by atoms with Gasteiger partial charge in [0.25, 0.3) is 0 Å². The Morgan fingerprint density at radius 2 is 2.07 bits per heavy atom. The molecule has 1 fully saturated rings. The van der Waals surface area contributed by atoms with Crippen LogP contribution in [0.3, 0.4) is 0 Å². The van der Waals surface area contributed by atoms with E-state index >= 15 is 0 Å². The second-order valence-electron chi connectivity index (χ2n) is 7.21. The number of hydrogen-bond acceptors (Lipinski definition) is 5. The number of rotatable bonds is 5. The maximum Gasteiger partial charge on any atom is 0.340 e. The lowest BCUT2D eigenvalue weighted by atomic mass is 10.0. The van der Waals surface area contributed by atoms with Crippen LogP contribution in [0.4, 0.5) is 0 Å². The molecule has 4 rings (SSSR count). The lowest BCUT2D eigenvalue weighted by Gasteiger charge is -2.16. The smallest absolute Gasteiger partial charge is 0.340 e. The van der Waals surface area contributed by atoms with Crippen LogP contribution in [-0.4, -0.2) is 45.2 Å². The van der Waals surface area contributed by atoms with Gasteiger partial charge in [-0.1, -0.05) is 6.07 Å². The number of fused-ring (bicyclic) bond motifs is 1. The van der Waals surface area contributed by atoms with E-state index in [0.717, 1.165) is 35.2 Å². The van der Waals surface area contributed by atoms with E-state index in [4.69, 9.17) is 4.74 Å². The lowest BCUT2D eigenvalue weighted by molar-refractivity contribution is 0.0526. The summed E-state index contributed by atoms with van der Waals surface area (Å²) in [5, 5.41) is 11.4. The van der Waals surface area contributed by atoms with Gasteiger partial charge in [-0.2, -0.15) is 0 Å². The third-order valence-electron chi connectivity index (χ3n) is 5.46. The average Bonchev–Trinajstić information content (AvgIpc) is 3.29. The van der Waals surface area contributed by atoms with Gasteiger partial charge in [-0.05, 0) is 51.1 Å². The first-order valence-electron chi connectivity index (χ1n) is 9.74. The van der Waals surface area contributed by atoms with Gasteiger partial charge in [-0.15, -0.1) is 0 Å². The minimum Gasteiger partial charge on any atom is -0.507 e. The quantitative estimate of drug-likeness (QED) is 0.685. The molecule has 0 amide bonds. The van der Waals surface area contributed by atoms with Crippen LogP contribution in [0.25, 0.3) is 22.0 Å². The lowest BCUT2D eigenvalue weighted by Crippen LogP contribution is -2.22. The first kappa shape index (κ1) is 18.5. The van der Waals surface area contributed by atoms with E-state index in [-0.39, 0.29) is 11.7 Å². The van der Waals surface area contributed by atoms with Crippen molar-refractivity contribution in [3.63, 3.8) is 0 Å². The maximum absolute atomic E-state index is 12.8. The molecule has 0 atom stereocenters. The molecule has 1 saturated heterocycles. The van der Waals surface area contributed by atoms with Crippen LogP contribution in [0.2, 0.25) is 0 Å². The SMILES string of the molecule is CCOC(=O)c1c(CN2CCCC2)n(C)c2cc(-c3cccnc3)c(O)cc12. The van der Waals surface area contributed by atoms with E-state index in [1.54, 1.807) is 25.4 Å². The van der Waals surface area contributed by atoms with Gasteiger partial charge < -0.3 is 14.4 Å². The van der Waals surface area contributed by atoms with Gasteiger partial charge in [-0.25, -0.2) is 4.79 Å². The molecular formula is C22H25N3O3. The van der Waals surface area contributed by atoms with Crippen LogP contribution in [0, 0.1) is 0 Å². The molecule has 0 unspecified atom stereocenters. The fraction of sp³-hybridized carbons (Fsp3) is 0.364. The number of aromatic hydroxyl groups is 1. The summed E-state index contributed by atoms with van der Waals surface area (Å²) in [5.74, 6) is -0.208. The molecule has 6 heteroatoms. The number of esters is 1. The van der Waals surface area contributed by atoms with Crippen molar-refractivity contribution in [3.05, 3.63) is 47.9 Å². The van der Waals surface area contributed by atoms with E-state index in [1.165, 1.54) is 12.8 Å². The minimum absolute atomic E-state index is 0.129. The molecule has 1 aromatic carbocycles. The van der Waals surface area contributed by atoms with Crippen molar-refractivity contribution >= 4 is 16.9 Å². The monoisotopic (exact) mass is 379 g/mol. The zero-order valence-corrected chi connectivity index (χ0v) is 16.3. The molecule has 6 nitrogen and oxygen atoms in total. The van der Waals surface area contributed by atoms with Crippen molar-refractivity contribution < 1.29 is 14.6 Å². The fourth-order valence-corrected chi connectivity index (χ4v) is 4.05. The highest BCUT2D eigenvalue weighted by atomic mass is 16.5.